The van der Waals surface area contributed by atoms with E-state index in [4.69, 9.17) is 4.74 Å². The molecule has 0 aliphatic rings. The molecule has 3 rings (SSSR count). The highest BCUT2D eigenvalue weighted by Gasteiger charge is 2.22. The van der Waals surface area contributed by atoms with Crippen molar-refractivity contribution in [1.29, 1.82) is 0 Å². The van der Waals surface area contributed by atoms with Gasteiger partial charge >= 0.3 is 6.01 Å². The standard InChI is InChI=1S/C21H22F2N4O4S/c1-5-13(3)32(29,30)26-17-10-16(14-7-9-18(28)27(4)11-14)24-21(25-17)31-20-12(2)6-8-15(22)19(20)23/h6-11,13H,5H2,1-4H3,(H,24,25,26)/t13-/m0/s1. The lowest BCUT2D eigenvalue weighted by Gasteiger charge is -2.15. The highest BCUT2D eigenvalue weighted by Crippen LogP contribution is 2.30. The van der Waals surface area contributed by atoms with Crippen molar-refractivity contribution >= 4 is 15.8 Å². The van der Waals surface area contributed by atoms with E-state index in [0.717, 1.165) is 6.07 Å². The second kappa shape index (κ2) is 9.03. The van der Waals surface area contributed by atoms with Crippen LogP contribution >= 0.6 is 0 Å². The smallest absolute Gasteiger partial charge is 0.324 e. The number of nitrogens with one attached hydrogen (secondary N) is 1. The molecule has 8 nitrogen and oxygen atoms in total. The largest absolute Gasteiger partial charge is 0.421 e. The SMILES string of the molecule is CC[C@H](C)S(=O)(=O)Nc1cc(-c2ccc(=O)n(C)c2)nc(Oc2c(C)ccc(F)c2F)n1. The molecule has 170 valence electrons. The summed E-state index contributed by atoms with van der Waals surface area (Å²) in [6.07, 6.45) is 1.86. The molecule has 0 aliphatic carbocycles. The summed E-state index contributed by atoms with van der Waals surface area (Å²) in [4.78, 5) is 19.9. The van der Waals surface area contributed by atoms with Crippen LogP contribution in [0, 0.1) is 18.6 Å². The quantitative estimate of drug-likeness (QED) is 0.571. The summed E-state index contributed by atoms with van der Waals surface area (Å²) in [6, 6.07) is 6.07. The fraction of sp³-hybridized carbons (Fsp3) is 0.286. The van der Waals surface area contributed by atoms with Gasteiger partial charge in [0.2, 0.25) is 21.4 Å². The molecule has 0 aliphatic heterocycles. The van der Waals surface area contributed by atoms with Gasteiger partial charge in [-0.05, 0) is 38.0 Å². The van der Waals surface area contributed by atoms with Crippen molar-refractivity contribution in [2.75, 3.05) is 4.72 Å². The van der Waals surface area contributed by atoms with Crippen LogP contribution in [-0.4, -0.2) is 28.2 Å². The summed E-state index contributed by atoms with van der Waals surface area (Å²) in [5, 5.41) is -0.703. The Labute approximate surface area is 184 Å². The molecular weight excluding hydrogens is 442 g/mol. The average molecular weight is 464 g/mol. The van der Waals surface area contributed by atoms with Crippen LogP contribution in [0.1, 0.15) is 25.8 Å². The highest BCUT2D eigenvalue weighted by atomic mass is 32.2. The van der Waals surface area contributed by atoms with Gasteiger partial charge in [-0.15, -0.1) is 0 Å². The van der Waals surface area contributed by atoms with Gasteiger partial charge in [-0.3, -0.25) is 9.52 Å². The molecule has 0 radical (unpaired) electrons. The van der Waals surface area contributed by atoms with Crippen LogP contribution in [0.15, 0.2) is 41.3 Å². The van der Waals surface area contributed by atoms with Gasteiger partial charge in [0.05, 0.1) is 10.9 Å². The van der Waals surface area contributed by atoms with Crippen molar-refractivity contribution < 1.29 is 21.9 Å². The molecular formula is C21H22F2N4O4S. The fourth-order valence-electron chi connectivity index (χ4n) is 2.73. The number of ether oxygens (including phenoxy) is 1. The Hall–Kier alpha value is -3.34. The number of hydrogen-bond donors (Lipinski definition) is 1. The van der Waals surface area contributed by atoms with Crippen LogP contribution in [0.2, 0.25) is 0 Å². The molecule has 0 spiro atoms. The Morgan fingerprint density at radius 3 is 2.56 bits per heavy atom. The Morgan fingerprint density at radius 1 is 1.19 bits per heavy atom. The monoisotopic (exact) mass is 464 g/mol. The van der Waals surface area contributed by atoms with E-state index < -0.39 is 38.7 Å². The summed E-state index contributed by atoms with van der Waals surface area (Å²) >= 11 is 0. The number of anilines is 1. The Kier molecular flexibility index (Phi) is 6.58. The van der Waals surface area contributed by atoms with Crippen molar-refractivity contribution in [2.45, 2.75) is 32.4 Å². The number of pyridine rings is 1. The number of nitrogens with zero attached hydrogens (tertiary/aromatic N) is 3. The molecule has 11 heteroatoms. The van der Waals surface area contributed by atoms with E-state index >= 15 is 0 Å². The maximum absolute atomic E-state index is 14.3. The maximum atomic E-state index is 14.3. The molecule has 2 heterocycles. The molecule has 1 atom stereocenters. The number of hydrogen-bond acceptors (Lipinski definition) is 6. The molecule has 0 fully saturated rings. The normalized spacial score (nSPS) is 12.4. The van der Waals surface area contributed by atoms with E-state index in [1.54, 1.807) is 20.9 Å². The predicted octanol–water partition coefficient (Wildman–Crippen LogP) is 3.76. The first kappa shape index (κ1) is 23.3. The van der Waals surface area contributed by atoms with Crippen LogP contribution in [0.25, 0.3) is 11.3 Å². The number of aryl methyl sites for hydroxylation is 2. The van der Waals surface area contributed by atoms with Gasteiger partial charge < -0.3 is 9.30 Å². The van der Waals surface area contributed by atoms with Crippen LogP contribution in [-0.2, 0) is 17.1 Å². The number of aromatic nitrogens is 3. The minimum atomic E-state index is -3.78. The van der Waals surface area contributed by atoms with Gasteiger partial charge in [0, 0.05) is 30.9 Å². The van der Waals surface area contributed by atoms with Crippen molar-refractivity contribution in [3.8, 4) is 23.0 Å². The molecule has 0 saturated heterocycles. The van der Waals surface area contributed by atoms with Crippen molar-refractivity contribution in [1.82, 2.24) is 14.5 Å². The third-order valence-electron chi connectivity index (χ3n) is 4.88. The van der Waals surface area contributed by atoms with Gasteiger partial charge in [-0.1, -0.05) is 13.0 Å². The van der Waals surface area contributed by atoms with Gasteiger partial charge in [0.1, 0.15) is 5.82 Å². The molecule has 1 N–H and O–H groups in total. The highest BCUT2D eigenvalue weighted by molar-refractivity contribution is 7.93. The lowest BCUT2D eigenvalue weighted by molar-refractivity contribution is 0.391. The lowest BCUT2D eigenvalue weighted by atomic mass is 10.2. The van der Waals surface area contributed by atoms with Crippen molar-refractivity contribution in [3.63, 3.8) is 0 Å². The molecule has 1 aromatic carbocycles. The van der Waals surface area contributed by atoms with E-state index in [1.165, 1.54) is 42.0 Å². The first-order valence-electron chi connectivity index (χ1n) is 9.72. The van der Waals surface area contributed by atoms with Gasteiger partial charge in [-0.2, -0.15) is 14.4 Å². The summed E-state index contributed by atoms with van der Waals surface area (Å²) in [5.74, 6) is -2.87. The van der Waals surface area contributed by atoms with Crippen molar-refractivity contribution in [2.24, 2.45) is 7.05 Å². The number of rotatable bonds is 7. The lowest BCUT2D eigenvalue weighted by Crippen LogP contribution is -2.25. The first-order valence-corrected chi connectivity index (χ1v) is 11.3. The molecule has 32 heavy (non-hydrogen) atoms. The molecule has 3 aromatic rings. The second-order valence-electron chi connectivity index (χ2n) is 7.26. The average Bonchev–Trinajstić information content (AvgIpc) is 2.74. The van der Waals surface area contributed by atoms with E-state index in [1.807, 2.05) is 0 Å². The zero-order valence-electron chi connectivity index (χ0n) is 17.9. The van der Waals surface area contributed by atoms with Gasteiger partial charge in [0.25, 0.3) is 0 Å². The van der Waals surface area contributed by atoms with Crippen LogP contribution in [0.4, 0.5) is 14.6 Å². The Bertz CT molecular complexity index is 1330. The van der Waals surface area contributed by atoms with Gasteiger partial charge in [0.15, 0.2) is 11.6 Å². The summed E-state index contributed by atoms with van der Waals surface area (Å²) in [7, 11) is -2.23. The molecule has 0 saturated carbocycles. The van der Waals surface area contributed by atoms with Gasteiger partial charge in [-0.25, -0.2) is 12.8 Å². The minimum absolute atomic E-state index is 0.117. The van der Waals surface area contributed by atoms with Crippen LogP contribution in [0.3, 0.4) is 0 Å². The van der Waals surface area contributed by atoms with Crippen molar-refractivity contribution in [3.05, 3.63) is 64.1 Å². The Balaban J connectivity index is 2.13. The summed E-state index contributed by atoms with van der Waals surface area (Å²) < 4.78 is 62.2. The number of halogens is 2. The Morgan fingerprint density at radius 2 is 1.91 bits per heavy atom. The van der Waals surface area contributed by atoms with Crippen LogP contribution < -0.4 is 15.0 Å². The third-order valence-corrected chi connectivity index (χ3v) is 6.77. The zero-order valence-corrected chi connectivity index (χ0v) is 18.7. The topological polar surface area (TPSA) is 103 Å². The summed E-state index contributed by atoms with van der Waals surface area (Å²) in [6.45, 7) is 4.78. The first-order chi connectivity index (χ1) is 15.0. The van der Waals surface area contributed by atoms with Crippen LogP contribution in [0.5, 0.6) is 11.8 Å². The fourth-order valence-corrected chi connectivity index (χ4v) is 3.76. The minimum Gasteiger partial charge on any atom is -0.421 e. The third kappa shape index (κ3) is 4.93. The zero-order chi connectivity index (χ0) is 23.6. The maximum Gasteiger partial charge on any atom is 0.324 e. The summed E-state index contributed by atoms with van der Waals surface area (Å²) in [5.41, 5.74) is 0.706. The number of sulfonamides is 1. The second-order valence-corrected chi connectivity index (χ2v) is 9.36. The molecule has 0 bridgehead atoms. The molecule has 0 unspecified atom stereocenters. The molecule has 2 aromatic heterocycles. The van der Waals surface area contributed by atoms with E-state index in [9.17, 15) is 22.0 Å². The van der Waals surface area contributed by atoms with E-state index in [2.05, 4.69) is 14.7 Å². The molecule has 0 amide bonds. The predicted molar refractivity (Wildman–Crippen MR) is 116 cm³/mol. The number of benzene rings is 1. The van der Waals surface area contributed by atoms with E-state index in [-0.39, 0.29) is 17.1 Å². The van der Waals surface area contributed by atoms with E-state index in [0.29, 0.717) is 17.5 Å².